The molecular formula is HN3O7. The zero-order valence-corrected chi connectivity index (χ0v) is 4.24. The van der Waals surface area contributed by atoms with Crippen LogP contribution < -0.4 is 0 Å². The lowest BCUT2D eigenvalue weighted by Gasteiger charge is -1.74. The zero-order valence-electron chi connectivity index (χ0n) is 4.24. The molecule has 58 valence electrons. The molecule has 0 aromatic heterocycles. The largest absolute Gasteiger partial charge is 0.354 e. The number of hydrogen-bond acceptors (Lipinski definition) is 7. The van der Waals surface area contributed by atoms with Crippen LogP contribution in [0.4, 0.5) is 0 Å². The van der Waals surface area contributed by atoms with Crippen LogP contribution in [0.3, 0.4) is 0 Å². The molecule has 0 heterocycles. The number of hydrogen-bond donors (Lipinski definition) is 1. The lowest BCUT2D eigenvalue weighted by molar-refractivity contribution is -0.760. The molecule has 1 N–H and O–H groups in total. The van der Waals surface area contributed by atoms with Gasteiger partial charge in [-0.15, -0.1) is 15.1 Å². The highest BCUT2D eigenvalue weighted by molar-refractivity contribution is 3.92. The van der Waals surface area contributed by atoms with E-state index in [0.717, 1.165) is 0 Å². The van der Waals surface area contributed by atoms with Gasteiger partial charge in [-0.05, 0) is 0 Å². The fourth-order valence-electron chi connectivity index (χ4n) is 0.0272. The van der Waals surface area contributed by atoms with Gasteiger partial charge < -0.3 is 5.21 Å². The maximum absolute atomic E-state index is 8.89. The van der Waals surface area contributed by atoms with Gasteiger partial charge in [0.05, 0.1) is 0 Å². The Kier molecular flexibility index (Phi) is 7.62. The third-order valence-corrected chi connectivity index (χ3v) is 0.100. The second-order valence-electron chi connectivity index (χ2n) is 0.618. The van der Waals surface area contributed by atoms with Crippen molar-refractivity contribution >= 4 is 0 Å². The van der Waals surface area contributed by atoms with Crippen molar-refractivity contribution in [2.45, 2.75) is 0 Å². The van der Waals surface area contributed by atoms with Gasteiger partial charge in [0.1, 0.15) is 0 Å². The predicted octanol–water partition coefficient (Wildman–Crippen LogP) is -0.472. The first-order valence-corrected chi connectivity index (χ1v) is 1.48. The van der Waals surface area contributed by atoms with Gasteiger partial charge in [0.15, 0.2) is 5.09 Å². The van der Waals surface area contributed by atoms with Crippen LogP contribution in [0.1, 0.15) is 0 Å². The standard InChI is InChI=1S/N2O4.HNO3/c3-1-6-2(4)5;2-1(3)4/h;(H,2,3,4). The molecule has 0 bridgehead atoms. The minimum atomic E-state index is -1.50. The molecule has 0 atom stereocenters. The molecule has 0 aromatic carbocycles. The summed E-state index contributed by atoms with van der Waals surface area (Å²) in [5.74, 6) is 0. The normalized spacial score (nSPS) is 6.40. The minimum absolute atomic E-state index is 1.30. The Hall–Kier alpha value is -2.00. The summed E-state index contributed by atoms with van der Waals surface area (Å²) in [5.41, 5.74) is 0. The first-order valence-electron chi connectivity index (χ1n) is 1.48. The van der Waals surface area contributed by atoms with Gasteiger partial charge in [0.25, 0.3) is 5.09 Å². The van der Waals surface area contributed by atoms with Gasteiger partial charge in [-0.25, -0.2) is 10.1 Å². The van der Waals surface area contributed by atoms with Crippen molar-refractivity contribution in [1.82, 2.24) is 0 Å². The molecule has 0 unspecified atom stereocenters. The Morgan fingerprint density at radius 3 is 1.70 bits per heavy atom. The maximum atomic E-state index is 8.89. The molecule has 0 rings (SSSR count). The van der Waals surface area contributed by atoms with Gasteiger partial charge in [-0.3, -0.25) is 0 Å². The first kappa shape index (κ1) is 10.9. The Morgan fingerprint density at radius 2 is 1.70 bits per heavy atom. The van der Waals surface area contributed by atoms with Crippen LogP contribution >= 0.6 is 0 Å². The molecule has 0 radical (unpaired) electrons. The Labute approximate surface area is 52.2 Å². The molecule has 10 nitrogen and oxygen atoms in total. The minimum Gasteiger partial charge on any atom is -0.328 e. The second kappa shape index (κ2) is 7.00. The van der Waals surface area contributed by atoms with E-state index in [-0.39, 0.29) is 0 Å². The summed E-state index contributed by atoms with van der Waals surface area (Å²) in [4.78, 5) is 28.8. The van der Waals surface area contributed by atoms with Crippen molar-refractivity contribution < 1.29 is 20.3 Å². The monoisotopic (exact) mass is 155 g/mol. The molecule has 0 spiro atoms. The number of rotatable bonds is 2. The van der Waals surface area contributed by atoms with E-state index in [1.807, 2.05) is 0 Å². The van der Waals surface area contributed by atoms with Crippen LogP contribution in [0, 0.1) is 25.1 Å². The zero-order chi connectivity index (χ0) is 8.57. The van der Waals surface area contributed by atoms with E-state index in [9.17, 15) is 0 Å². The topological polar surface area (TPSA) is 145 Å². The summed E-state index contributed by atoms with van der Waals surface area (Å²) in [5, 5.41) is 22.7. The van der Waals surface area contributed by atoms with E-state index in [0.29, 0.717) is 0 Å². The lowest BCUT2D eigenvalue weighted by atomic mass is 13.0. The lowest BCUT2D eigenvalue weighted by Crippen LogP contribution is -1.90. The van der Waals surface area contributed by atoms with E-state index < -0.39 is 10.2 Å². The van der Waals surface area contributed by atoms with Gasteiger partial charge >= 0.3 is 5.34 Å². The van der Waals surface area contributed by atoms with E-state index in [2.05, 4.69) is 4.94 Å². The summed E-state index contributed by atoms with van der Waals surface area (Å²) >= 11 is 0. The molecule has 0 aromatic rings. The average Bonchev–Trinajstić information content (AvgIpc) is 1.62. The maximum Gasteiger partial charge on any atom is 0.354 e. The molecule has 0 saturated carbocycles. The molecule has 0 amide bonds. The SMILES string of the molecule is O=NO[N+](=O)[O-].O=[N+]([O-])O. The van der Waals surface area contributed by atoms with Crippen molar-refractivity contribution in [1.29, 1.82) is 0 Å². The average molecular weight is 155 g/mol. The fraction of sp³-hybridized carbons (Fsp3) is 0. The summed E-state index contributed by atoms with van der Waals surface area (Å²) in [6.45, 7) is 0. The predicted molar refractivity (Wildman–Crippen MR) is 22.7 cm³/mol. The highest BCUT2D eigenvalue weighted by Crippen LogP contribution is 1.68. The van der Waals surface area contributed by atoms with Crippen molar-refractivity contribution in [3.63, 3.8) is 0 Å². The summed E-state index contributed by atoms with van der Waals surface area (Å²) in [7, 11) is 0. The molecule has 0 aliphatic carbocycles. The Balaban J connectivity index is 0. The van der Waals surface area contributed by atoms with Crippen LogP contribution in [0.25, 0.3) is 0 Å². The van der Waals surface area contributed by atoms with Crippen molar-refractivity contribution in [3.8, 4) is 0 Å². The van der Waals surface area contributed by atoms with Crippen LogP contribution in [0.2, 0.25) is 0 Å². The summed E-state index contributed by atoms with van der Waals surface area (Å²) in [6.07, 6.45) is 0. The molecule has 10 heteroatoms. The van der Waals surface area contributed by atoms with E-state index in [1.54, 1.807) is 0 Å². The second-order valence-corrected chi connectivity index (χ2v) is 0.618. The van der Waals surface area contributed by atoms with Crippen LogP contribution in [0.5, 0.6) is 0 Å². The molecule has 0 fully saturated rings. The molecule has 0 aliphatic heterocycles. The highest BCUT2D eigenvalue weighted by atomic mass is 17.0. The van der Waals surface area contributed by atoms with Crippen molar-refractivity contribution in [2.75, 3.05) is 0 Å². The quantitative estimate of drug-likeness (QED) is 0.322. The summed E-state index contributed by atoms with van der Waals surface area (Å²) < 4.78 is 0. The smallest absolute Gasteiger partial charge is 0.328 e. The van der Waals surface area contributed by atoms with Gasteiger partial charge in [-0.2, -0.15) is 0 Å². The van der Waals surface area contributed by atoms with Crippen molar-refractivity contribution in [3.05, 3.63) is 25.1 Å². The first-order chi connectivity index (χ1) is 4.50. The Bertz CT molecular complexity index is 123. The van der Waals surface area contributed by atoms with Gasteiger partial charge in [0, 0.05) is 4.91 Å². The van der Waals surface area contributed by atoms with E-state index >= 15 is 0 Å². The van der Waals surface area contributed by atoms with Gasteiger partial charge in [0.2, 0.25) is 0 Å². The van der Waals surface area contributed by atoms with Crippen LogP contribution in [-0.2, 0) is 4.94 Å². The van der Waals surface area contributed by atoms with Gasteiger partial charge in [-0.1, -0.05) is 0 Å². The van der Waals surface area contributed by atoms with Crippen LogP contribution in [0.15, 0.2) is 5.34 Å². The number of nitrogens with zero attached hydrogens (tertiary/aromatic N) is 3. The van der Waals surface area contributed by atoms with Crippen molar-refractivity contribution in [2.24, 2.45) is 5.34 Å². The van der Waals surface area contributed by atoms with E-state index in [4.69, 9.17) is 30.3 Å². The Morgan fingerprint density at radius 1 is 1.40 bits per heavy atom. The van der Waals surface area contributed by atoms with Crippen LogP contribution in [-0.4, -0.2) is 15.4 Å². The third-order valence-electron chi connectivity index (χ3n) is 0.100. The molecule has 0 aliphatic rings. The fourth-order valence-corrected chi connectivity index (χ4v) is 0.0272. The molecule has 10 heavy (non-hydrogen) atoms. The van der Waals surface area contributed by atoms with E-state index in [1.165, 1.54) is 5.34 Å². The highest BCUT2D eigenvalue weighted by Gasteiger charge is 1.82. The third kappa shape index (κ3) is 150. The summed E-state index contributed by atoms with van der Waals surface area (Å²) in [6, 6.07) is 0. The molecule has 0 saturated heterocycles. The molecular weight excluding hydrogens is 154 g/mol.